The number of anilines is 3. The van der Waals surface area contributed by atoms with Crippen molar-refractivity contribution < 1.29 is 38.0 Å². The van der Waals surface area contributed by atoms with Gasteiger partial charge in [0, 0.05) is 81.1 Å². The van der Waals surface area contributed by atoms with E-state index in [0.29, 0.717) is 67.1 Å². The van der Waals surface area contributed by atoms with Crippen LogP contribution in [0.5, 0.6) is 34.6 Å². The molecule has 0 saturated carbocycles. The molecule has 0 bridgehead atoms. The third kappa shape index (κ3) is 9.77. The summed E-state index contributed by atoms with van der Waals surface area (Å²) in [4.78, 5) is 42.8. The molecule has 2 fully saturated rings. The van der Waals surface area contributed by atoms with Crippen LogP contribution < -0.4 is 34.3 Å². The first-order chi connectivity index (χ1) is 27.2. The Morgan fingerprint density at radius 3 is 2.25 bits per heavy atom. The molecule has 2 amide bonds. The molecule has 1 aromatic heterocycles. The zero-order valence-corrected chi connectivity index (χ0v) is 33.0. The highest BCUT2D eigenvalue weighted by atomic mass is 16.5. The fourth-order valence-electron chi connectivity index (χ4n) is 6.57. The number of methoxy groups -OCH3 is 3. The van der Waals surface area contributed by atoms with Crippen molar-refractivity contribution in [3.63, 3.8) is 0 Å². The Labute approximate surface area is 327 Å². The van der Waals surface area contributed by atoms with Gasteiger partial charge in [0.1, 0.15) is 5.56 Å². The predicted octanol–water partition coefficient (Wildman–Crippen LogP) is 5.40. The third-order valence-corrected chi connectivity index (χ3v) is 9.81. The second-order valence-electron chi connectivity index (χ2n) is 13.7. The van der Waals surface area contributed by atoms with Crippen LogP contribution in [0.2, 0.25) is 0 Å². The molecule has 2 aliphatic rings. The molecule has 15 nitrogen and oxygen atoms in total. The number of hydrogen-bond donors (Lipinski definition) is 2. The molecule has 2 saturated heterocycles. The summed E-state index contributed by atoms with van der Waals surface area (Å²) in [5, 5.41) is 6.21. The fraction of sp³-hybridized carbons (Fsp3) is 0.415. The van der Waals surface area contributed by atoms with Crippen molar-refractivity contribution in [2.75, 3.05) is 105 Å². The molecule has 4 aromatic rings. The highest BCUT2D eigenvalue weighted by Crippen LogP contribution is 2.41. The van der Waals surface area contributed by atoms with Gasteiger partial charge < -0.3 is 53.8 Å². The topological polar surface area (TPSA) is 149 Å². The first-order valence-corrected chi connectivity index (χ1v) is 18.7. The molecule has 0 atom stereocenters. The quantitative estimate of drug-likeness (QED) is 0.149. The summed E-state index contributed by atoms with van der Waals surface area (Å²) >= 11 is 0. The van der Waals surface area contributed by atoms with Crippen molar-refractivity contribution >= 4 is 29.1 Å². The number of carbonyl (C=O) groups excluding carboxylic acids is 2. The van der Waals surface area contributed by atoms with Crippen molar-refractivity contribution in [1.29, 1.82) is 0 Å². The second kappa shape index (κ2) is 18.8. The van der Waals surface area contributed by atoms with Crippen LogP contribution in [0.3, 0.4) is 0 Å². The lowest BCUT2D eigenvalue weighted by molar-refractivity contribution is 0.0302. The van der Waals surface area contributed by atoms with E-state index in [1.165, 1.54) is 13.3 Å². The van der Waals surface area contributed by atoms with E-state index in [4.69, 9.17) is 28.4 Å². The van der Waals surface area contributed by atoms with Crippen molar-refractivity contribution in [1.82, 2.24) is 24.7 Å². The first-order valence-electron chi connectivity index (χ1n) is 18.7. The lowest BCUT2D eigenvalue weighted by Gasteiger charge is -2.32. The molecule has 2 aliphatic heterocycles. The molecule has 3 aromatic carbocycles. The first kappa shape index (κ1) is 40.0. The Balaban J connectivity index is 1.27. The Morgan fingerprint density at radius 1 is 0.839 bits per heavy atom. The number of aryl methyl sites for hydroxylation is 2. The minimum Gasteiger partial charge on any atom is -0.493 e. The van der Waals surface area contributed by atoms with Crippen LogP contribution in [0.25, 0.3) is 0 Å². The molecule has 56 heavy (non-hydrogen) atoms. The second-order valence-corrected chi connectivity index (χ2v) is 13.7. The van der Waals surface area contributed by atoms with E-state index < -0.39 is 5.91 Å². The summed E-state index contributed by atoms with van der Waals surface area (Å²) in [7, 11) is 6.75. The van der Waals surface area contributed by atoms with Gasteiger partial charge in [0.2, 0.25) is 17.6 Å². The molecule has 0 unspecified atom stereocenters. The zero-order valence-electron chi connectivity index (χ0n) is 33.0. The van der Waals surface area contributed by atoms with E-state index in [0.717, 1.165) is 50.3 Å². The van der Waals surface area contributed by atoms with Gasteiger partial charge in [-0.1, -0.05) is 18.2 Å². The molecular weight excluding hydrogens is 718 g/mol. The monoisotopic (exact) mass is 769 g/mol. The fourth-order valence-corrected chi connectivity index (χ4v) is 6.57. The number of hydrogen-bond acceptors (Lipinski definition) is 13. The summed E-state index contributed by atoms with van der Waals surface area (Å²) in [6.45, 7) is 11.4. The lowest BCUT2D eigenvalue weighted by atomic mass is 10.1. The maximum Gasteiger partial charge on any atom is 0.262 e. The number of nitrogens with one attached hydrogen (secondary N) is 2. The Hall–Kier alpha value is -5.64. The summed E-state index contributed by atoms with van der Waals surface area (Å²) in [5.74, 6) is 1.41. The number of carbonyl (C=O) groups is 2. The smallest absolute Gasteiger partial charge is 0.262 e. The minimum absolute atomic E-state index is 0.0438. The van der Waals surface area contributed by atoms with E-state index >= 15 is 0 Å². The van der Waals surface area contributed by atoms with Gasteiger partial charge in [0.05, 0.1) is 41.2 Å². The van der Waals surface area contributed by atoms with Crippen LogP contribution in [-0.2, 0) is 4.74 Å². The average molecular weight is 770 g/mol. The number of morpholine rings is 1. The number of piperazine rings is 1. The summed E-state index contributed by atoms with van der Waals surface area (Å²) < 4.78 is 35.0. The van der Waals surface area contributed by atoms with Gasteiger partial charge in [-0.05, 0) is 56.6 Å². The van der Waals surface area contributed by atoms with Gasteiger partial charge in [-0.3, -0.25) is 9.59 Å². The van der Waals surface area contributed by atoms with Gasteiger partial charge in [0.15, 0.2) is 23.0 Å². The van der Waals surface area contributed by atoms with Gasteiger partial charge in [-0.15, -0.1) is 0 Å². The molecule has 0 radical (unpaired) electrons. The van der Waals surface area contributed by atoms with Crippen molar-refractivity contribution in [3.05, 3.63) is 77.0 Å². The maximum atomic E-state index is 13.9. The SMILES string of the molecule is COc1cc(C(=O)N2CCOCC2)ccc1Oc1nc(Nc2cc(OC)c(OC)c(OCCCN3CCN(C)CC3)c2)ncc1C(=O)Nc1c(C)cccc1C. The van der Waals surface area contributed by atoms with Crippen LogP contribution in [0.1, 0.15) is 38.3 Å². The average Bonchev–Trinajstić information content (AvgIpc) is 3.21. The number of rotatable bonds is 15. The highest BCUT2D eigenvalue weighted by molar-refractivity contribution is 6.06. The molecule has 298 valence electrons. The largest absolute Gasteiger partial charge is 0.493 e. The van der Waals surface area contributed by atoms with Gasteiger partial charge in [-0.25, -0.2) is 4.98 Å². The third-order valence-electron chi connectivity index (χ3n) is 9.81. The van der Waals surface area contributed by atoms with Crippen molar-refractivity contribution in [3.8, 4) is 34.6 Å². The van der Waals surface area contributed by atoms with Crippen LogP contribution >= 0.6 is 0 Å². The summed E-state index contributed by atoms with van der Waals surface area (Å²) in [6.07, 6.45) is 2.24. The molecule has 0 spiro atoms. The van der Waals surface area contributed by atoms with Crippen LogP contribution in [-0.4, -0.2) is 130 Å². The number of nitrogens with zero attached hydrogens (tertiary/aromatic N) is 5. The zero-order chi connectivity index (χ0) is 39.6. The number of para-hydroxylation sites is 1. The molecule has 3 heterocycles. The number of ether oxygens (including phenoxy) is 6. The number of benzene rings is 3. The Kier molecular flexibility index (Phi) is 13.4. The maximum absolute atomic E-state index is 13.9. The minimum atomic E-state index is -0.472. The van der Waals surface area contributed by atoms with E-state index in [1.54, 1.807) is 49.5 Å². The van der Waals surface area contributed by atoms with Crippen LogP contribution in [0.15, 0.2) is 54.7 Å². The number of amides is 2. The van der Waals surface area contributed by atoms with E-state index in [1.807, 2.05) is 32.0 Å². The molecular formula is C41H51N7O8. The Morgan fingerprint density at radius 2 is 1.55 bits per heavy atom. The number of likely N-dealkylation sites (N-methyl/N-ethyl adjacent to an activating group) is 1. The predicted molar refractivity (Wildman–Crippen MR) is 213 cm³/mol. The lowest BCUT2D eigenvalue weighted by Crippen LogP contribution is -2.44. The van der Waals surface area contributed by atoms with Crippen molar-refractivity contribution in [2.24, 2.45) is 0 Å². The molecule has 6 rings (SSSR count). The molecule has 0 aliphatic carbocycles. The van der Waals surface area contributed by atoms with E-state index in [2.05, 4.69) is 37.4 Å². The number of aromatic nitrogens is 2. The van der Waals surface area contributed by atoms with Crippen molar-refractivity contribution in [2.45, 2.75) is 20.3 Å². The van der Waals surface area contributed by atoms with E-state index in [9.17, 15) is 9.59 Å². The van der Waals surface area contributed by atoms with Crippen LogP contribution in [0.4, 0.5) is 17.3 Å². The highest BCUT2D eigenvalue weighted by Gasteiger charge is 2.24. The van der Waals surface area contributed by atoms with Gasteiger partial charge in [-0.2, -0.15) is 4.98 Å². The summed E-state index contributed by atoms with van der Waals surface area (Å²) in [5.41, 5.74) is 3.53. The molecule has 15 heteroatoms. The summed E-state index contributed by atoms with van der Waals surface area (Å²) in [6, 6.07) is 14.2. The standard InChI is InChI=1S/C41H51N7O8/c1-27-9-7-10-28(2)36(27)44-38(49)31-26-42-41(45-39(31)56-32-12-11-29(23-33(32)51-4)40(50)48-18-21-54-22-19-48)43-30-24-34(52-5)37(53-6)35(25-30)55-20-8-13-47-16-14-46(3)15-17-47/h7,9-12,23-26H,8,13-22H2,1-6H3,(H,44,49)(H,42,43,45). The Bertz CT molecular complexity index is 1980. The van der Waals surface area contributed by atoms with Gasteiger partial charge >= 0.3 is 0 Å². The van der Waals surface area contributed by atoms with Gasteiger partial charge in [0.25, 0.3) is 11.8 Å². The van der Waals surface area contributed by atoms with Crippen LogP contribution in [0, 0.1) is 13.8 Å². The normalized spacial score (nSPS) is 14.9. The molecule has 2 N–H and O–H groups in total. The van der Waals surface area contributed by atoms with E-state index in [-0.39, 0.29) is 34.8 Å².